The van der Waals surface area contributed by atoms with Crippen molar-refractivity contribution in [1.29, 1.82) is 5.26 Å². The van der Waals surface area contributed by atoms with Crippen molar-refractivity contribution < 1.29 is 43.2 Å². The molecule has 5 aromatic rings. The fraction of sp³-hybridized carbons (Fsp3) is 0.388. The molecule has 0 saturated carbocycles. The van der Waals surface area contributed by atoms with Crippen LogP contribution in [0.1, 0.15) is 89.8 Å². The monoisotopic (exact) mass is 928 g/mol. The molecule has 0 spiro atoms. The molecule has 1 aliphatic heterocycles. The first-order valence-corrected chi connectivity index (χ1v) is 22.2. The number of ether oxygens (including phenoxy) is 4. The number of aliphatic carboxylic acids is 1. The van der Waals surface area contributed by atoms with Crippen LogP contribution in [0.3, 0.4) is 0 Å². The zero-order valence-electron chi connectivity index (χ0n) is 38.8. The number of hydrogen-bond acceptors (Lipinski definition) is 16. The van der Waals surface area contributed by atoms with Crippen LogP contribution in [0.4, 0.5) is 11.8 Å². The fourth-order valence-electron chi connectivity index (χ4n) is 6.96. The second-order valence-electron chi connectivity index (χ2n) is 17.5. The Balaban J connectivity index is 0.817. The highest BCUT2D eigenvalue weighted by molar-refractivity contribution is 6.13. The number of fused-ring (bicyclic) bond motifs is 1. The maximum absolute atomic E-state index is 13.3. The molecule has 0 radical (unpaired) electrons. The van der Waals surface area contributed by atoms with Crippen LogP contribution in [0.5, 0.6) is 11.6 Å². The lowest BCUT2D eigenvalue weighted by Crippen LogP contribution is -2.44. The van der Waals surface area contributed by atoms with Gasteiger partial charge in [0, 0.05) is 67.2 Å². The summed E-state index contributed by atoms with van der Waals surface area (Å²) < 4.78 is 22.6. The molecular formula is C49H56N10O9. The zero-order valence-corrected chi connectivity index (χ0v) is 38.8. The summed E-state index contributed by atoms with van der Waals surface area (Å²) in [7, 11) is 0. The van der Waals surface area contributed by atoms with Crippen molar-refractivity contribution in [2.24, 2.45) is 5.41 Å². The highest BCUT2D eigenvalue weighted by Gasteiger charge is 2.45. The zero-order chi connectivity index (χ0) is 48.7. The van der Waals surface area contributed by atoms with Crippen molar-refractivity contribution in [2.45, 2.75) is 65.6 Å². The first kappa shape index (κ1) is 50.0. The van der Waals surface area contributed by atoms with Crippen LogP contribution < -0.4 is 25.6 Å². The van der Waals surface area contributed by atoms with Gasteiger partial charge in [-0.1, -0.05) is 32.9 Å². The molecule has 0 saturated heterocycles. The van der Waals surface area contributed by atoms with Crippen molar-refractivity contribution in [1.82, 2.24) is 35.6 Å². The summed E-state index contributed by atoms with van der Waals surface area (Å²) in [5.41, 5.74) is 2.43. The number of nitrogens with one attached hydrogen (secondary N) is 3. The van der Waals surface area contributed by atoms with E-state index in [9.17, 15) is 29.5 Å². The van der Waals surface area contributed by atoms with Gasteiger partial charge >= 0.3 is 5.97 Å². The second kappa shape index (κ2) is 23.4. The summed E-state index contributed by atoms with van der Waals surface area (Å²) >= 11 is 0. The Bertz CT molecular complexity index is 2580. The third-order valence-electron chi connectivity index (χ3n) is 10.8. The lowest BCUT2D eigenvalue weighted by molar-refractivity contribution is -0.139. The van der Waals surface area contributed by atoms with E-state index in [1.165, 1.54) is 18.3 Å². The van der Waals surface area contributed by atoms with Crippen molar-refractivity contribution in [2.75, 3.05) is 62.9 Å². The van der Waals surface area contributed by atoms with E-state index in [1.54, 1.807) is 61.1 Å². The third kappa shape index (κ3) is 13.8. The minimum Gasteiger partial charge on any atom is -0.480 e. The standard InChI is InChI=1S/C49H56N10O9/c1-48(2,3)16-15-39(46(63)64)58-45(62)33-11-14-41(54-28-33)68-36-10-6-8-32(26-36)44(61)52-18-20-65-22-24-67-25-23-66-21-19-53-47-55-29-35(30-56-47)38-13-12-37-42(60)49(4,5)59(43(37)57-38)31-34-9-7-17-51-40(34)27-50/h6-14,17,26,28-30,39H,15-16,18-25,31H2,1-5H3,(H,52,61)(H,58,62)(H,63,64)(H,53,55,56)/t39-/m0/s1. The number of rotatable bonds is 24. The number of aromatic nitrogens is 5. The van der Waals surface area contributed by atoms with Crippen molar-refractivity contribution in [3.05, 3.63) is 113 Å². The summed E-state index contributed by atoms with van der Waals surface area (Å²) in [4.78, 5) is 74.4. The first-order chi connectivity index (χ1) is 32.6. The summed E-state index contributed by atoms with van der Waals surface area (Å²) in [6, 6.07) is 17.8. The Morgan fingerprint density at radius 3 is 2.24 bits per heavy atom. The van der Waals surface area contributed by atoms with Gasteiger partial charge in [0.2, 0.25) is 11.8 Å². The van der Waals surface area contributed by atoms with Crippen LogP contribution in [0.25, 0.3) is 11.3 Å². The predicted molar refractivity (Wildman–Crippen MR) is 250 cm³/mol. The minimum atomic E-state index is -1.10. The van der Waals surface area contributed by atoms with E-state index in [2.05, 4.69) is 42.0 Å². The van der Waals surface area contributed by atoms with E-state index in [0.29, 0.717) is 110 Å². The van der Waals surface area contributed by atoms with E-state index in [4.69, 9.17) is 23.9 Å². The number of carbonyl (C=O) groups is 4. The highest BCUT2D eigenvalue weighted by Crippen LogP contribution is 2.40. The molecule has 0 aliphatic carbocycles. The van der Waals surface area contributed by atoms with Gasteiger partial charge < -0.3 is 44.9 Å². The van der Waals surface area contributed by atoms with Crippen molar-refractivity contribution in [3.63, 3.8) is 0 Å². The molecule has 19 heteroatoms. The number of carbonyl (C=O) groups excluding carboxylic acids is 3. The maximum Gasteiger partial charge on any atom is 0.326 e. The molecule has 4 N–H and O–H groups in total. The van der Waals surface area contributed by atoms with Gasteiger partial charge in [0.15, 0.2) is 5.78 Å². The van der Waals surface area contributed by atoms with Crippen molar-refractivity contribution in [3.8, 4) is 29.0 Å². The molecule has 1 aromatic carbocycles. The smallest absolute Gasteiger partial charge is 0.326 e. The SMILES string of the molecule is CC(C)(C)CC[C@H](NC(=O)c1ccc(Oc2cccc(C(=O)NCCOCCOCCOCCNc3ncc(-c4ccc5c(n4)N(Cc4cccnc4C#N)C(C)(C)C5=O)cn3)c2)nc1)C(=O)O. The summed E-state index contributed by atoms with van der Waals surface area (Å²) in [5, 5.41) is 27.6. The number of nitriles is 1. The summed E-state index contributed by atoms with van der Waals surface area (Å²) in [6.07, 6.45) is 7.12. The maximum atomic E-state index is 13.3. The highest BCUT2D eigenvalue weighted by atomic mass is 16.5. The molecule has 4 aromatic heterocycles. The average molecular weight is 929 g/mol. The Labute approximate surface area is 394 Å². The molecule has 1 atom stereocenters. The number of carboxylic acid groups (broad SMARTS) is 1. The minimum absolute atomic E-state index is 0.0495. The van der Waals surface area contributed by atoms with Crippen LogP contribution in [-0.4, -0.2) is 118 Å². The van der Waals surface area contributed by atoms with E-state index in [0.717, 1.165) is 0 Å². The largest absolute Gasteiger partial charge is 0.480 e. The number of carboxylic acids is 1. The van der Waals surface area contributed by atoms with Crippen LogP contribution in [-0.2, 0) is 25.5 Å². The molecule has 6 rings (SSSR count). The predicted octanol–water partition coefficient (Wildman–Crippen LogP) is 5.88. The van der Waals surface area contributed by atoms with E-state index in [-0.39, 0.29) is 41.7 Å². The van der Waals surface area contributed by atoms with Gasteiger partial charge in [0.25, 0.3) is 11.8 Å². The molecule has 1 aliphatic rings. The van der Waals surface area contributed by atoms with Gasteiger partial charge in [0.1, 0.15) is 29.4 Å². The Morgan fingerprint density at radius 1 is 0.838 bits per heavy atom. The number of ketones is 1. The number of pyridine rings is 3. The Morgan fingerprint density at radius 2 is 1.56 bits per heavy atom. The molecule has 0 fully saturated rings. The molecular weight excluding hydrogens is 873 g/mol. The number of nitrogens with zero attached hydrogens (tertiary/aromatic N) is 7. The van der Waals surface area contributed by atoms with E-state index < -0.39 is 23.5 Å². The number of hydrogen-bond donors (Lipinski definition) is 4. The van der Waals surface area contributed by atoms with Gasteiger partial charge in [-0.05, 0) is 74.6 Å². The average Bonchev–Trinajstić information content (AvgIpc) is 3.51. The number of Topliss-reactive ketones (excluding diaryl/α,β-unsaturated/α-hetero) is 1. The van der Waals surface area contributed by atoms with Gasteiger partial charge in [-0.2, -0.15) is 5.26 Å². The van der Waals surface area contributed by atoms with Crippen LogP contribution in [0.15, 0.2) is 85.5 Å². The van der Waals surface area contributed by atoms with Gasteiger partial charge in [0.05, 0.1) is 62.0 Å². The topological polar surface area (TPSA) is 253 Å². The fourth-order valence-corrected chi connectivity index (χ4v) is 6.96. The molecule has 356 valence electrons. The molecule has 5 heterocycles. The number of anilines is 2. The molecule has 19 nitrogen and oxygen atoms in total. The van der Waals surface area contributed by atoms with Gasteiger partial charge in [-0.3, -0.25) is 14.4 Å². The quantitative estimate of drug-likeness (QED) is 0.0528. The van der Waals surface area contributed by atoms with Gasteiger partial charge in [-0.25, -0.2) is 29.7 Å². The molecule has 68 heavy (non-hydrogen) atoms. The second-order valence-corrected chi connectivity index (χ2v) is 17.5. The third-order valence-corrected chi connectivity index (χ3v) is 10.8. The Hall–Kier alpha value is -7.40. The molecule has 0 unspecified atom stereocenters. The summed E-state index contributed by atoms with van der Waals surface area (Å²) in [5.74, 6) is -0.505. The van der Waals surface area contributed by atoms with Gasteiger partial charge in [-0.15, -0.1) is 0 Å². The lowest BCUT2D eigenvalue weighted by atomic mass is 9.88. The first-order valence-electron chi connectivity index (χ1n) is 22.2. The normalized spacial score (nSPS) is 13.3. The van der Waals surface area contributed by atoms with Crippen molar-refractivity contribution >= 4 is 35.3 Å². The van der Waals surface area contributed by atoms with E-state index in [1.807, 2.05) is 45.6 Å². The summed E-state index contributed by atoms with van der Waals surface area (Å²) in [6.45, 7) is 12.9. The van der Waals surface area contributed by atoms with Crippen LogP contribution in [0.2, 0.25) is 0 Å². The number of amides is 2. The Kier molecular flexibility index (Phi) is 17.2. The van der Waals surface area contributed by atoms with Crippen LogP contribution in [0, 0.1) is 16.7 Å². The van der Waals surface area contributed by atoms with Crippen LogP contribution >= 0.6 is 0 Å². The molecule has 0 bridgehead atoms. The lowest BCUT2D eigenvalue weighted by Gasteiger charge is -2.32. The number of benzene rings is 1. The van der Waals surface area contributed by atoms with E-state index >= 15 is 0 Å². The molecule has 2 amide bonds.